The Balaban J connectivity index is 2.54. The van der Waals surface area contributed by atoms with E-state index in [0.717, 1.165) is 11.3 Å². The van der Waals surface area contributed by atoms with Crippen molar-refractivity contribution in [3.8, 4) is 0 Å². The molecular weight excluding hydrogens is 250 g/mol. The van der Waals surface area contributed by atoms with Gasteiger partial charge in [-0.1, -0.05) is 0 Å². The molecule has 1 aliphatic heterocycles. The second-order valence-electron chi connectivity index (χ2n) is 4.24. The van der Waals surface area contributed by atoms with Gasteiger partial charge in [-0.05, 0) is 26.1 Å². The van der Waals surface area contributed by atoms with E-state index in [2.05, 4.69) is 15.7 Å². The summed E-state index contributed by atoms with van der Waals surface area (Å²) in [7, 11) is 1.85. The van der Waals surface area contributed by atoms with E-state index in [9.17, 15) is 4.79 Å². The third kappa shape index (κ3) is 1.97. The van der Waals surface area contributed by atoms with Crippen molar-refractivity contribution in [1.82, 2.24) is 20.4 Å². The molecule has 1 atom stereocenters. The van der Waals surface area contributed by atoms with Crippen molar-refractivity contribution in [3.63, 3.8) is 0 Å². The molecule has 18 heavy (non-hydrogen) atoms. The highest BCUT2D eigenvalue weighted by Gasteiger charge is 2.30. The van der Waals surface area contributed by atoms with Gasteiger partial charge in [0.05, 0.1) is 17.8 Å². The number of nitrogens with one attached hydrogen (secondary N) is 2. The minimum atomic E-state index is -0.469. The molecule has 0 bridgehead atoms. The van der Waals surface area contributed by atoms with Crippen molar-refractivity contribution in [1.29, 1.82) is 0 Å². The fourth-order valence-corrected chi connectivity index (χ4v) is 2.32. The smallest absolute Gasteiger partial charge is 0.248 e. The zero-order chi connectivity index (χ0) is 13.4. The number of aryl methyl sites for hydroxylation is 1. The van der Waals surface area contributed by atoms with Crippen LogP contribution in [-0.2, 0) is 11.8 Å². The maximum Gasteiger partial charge on any atom is 0.248 e. The van der Waals surface area contributed by atoms with Crippen LogP contribution in [0.25, 0.3) is 0 Å². The van der Waals surface area contributed by atoms with E-state index in [4.69, 9.17) is 18.0 Å². The molecule has 96 valence electrons. The quantitative estimate of drug-likeness (QED) is 0.656. The van der Waals surface area contributed by atoms with Gasteiger partial charge in [-0.2, -0.15) is 5.10 Å². The van der Waals surface area contributed by atoms with Crippen LogP contribution in [0.5, 0.6) is 0 Å². The molecule has 1 aromatic heterocycles. The normalized spacial score (nSPS) is 19.5. The van der Waals surface area contributed by atoms with E-state index in [1.807, 2.05) is 14.0 Å². The maximum atomic E-state index is 11.6. The molecule has 4 N–H and O–H groups in total. The standard InChI is InChI=1S/C11H15N5OS/c1-5-8(10(12)17)9(15-11(18)14-5)7-4-13-16(3)6(7)2/h4,9H,1-3H3,(H2,12,17)(H2,14,15,18). The number of nitrogens with zero attached hydrogens (tertiary/aromatic N) is 2. The Hall–Kier alpha value is -1.89. The number of thiocarbonyl (C=S) groups is 1. The van der Waals surface area contributed by atoms with Crippen molar-refractivity contribution in [2.24, 2.45) is 12.8 Å². The Kier molecular flexibility index (Phi) is 3.08. The first-order chi connectivity index (χ1) is 8.41. The average molecular weight is 265 g/mol. The lowest BCUT2D eigenvalue weighted by Crippen LogP contribution is -2.46. The van der Waals surface area contributed by atoms with Gasteiger partial charge >= 0.3 is 0 Å². The van der Waals surface area contributed by atoms with Gasteiger partial charge in [0.1, 0.15) is 0 Å². The van der Waals surface area contributed by atoms with Gasteiger partial charge in [0, 0.05) is 24.0 Å². The van der Waals surface area contributed by atoms with Crippen LogP contribution in [0.1, 0.15) is 24.2 Å². The van der Waals surface area contributed by atoms with E-state index in [0.29, 0.717) is 16.4 Å². The average Bonchev–Trinajstić information content (AvgIpc) is 2.57. The second-order valence-corrected chi connectivity index (χ2v) is 4.65. The number of hydrogen-bond acceptors (Lipinski definition) is 3. The number of hydrogen-bond donors (Lipinski definition) is 3. The minimum Gasteiger partial charge on any atom is -0.366 e. The lowest BCUT2D eigenvalue weighted by Gasteiger charge is -2.29. The minimum absolute atomic E-state index is 0.343. The van der Waals surface area contributed by atoms with E-state index in [1.54, 1.807) is 17.8 Å². The molecule has 1 unspecified atom stereocenters. The molecule has 0 saturated carbocycles. The third-order valence-corrected chi connectivity index (χ3v) is 3.34. The predicted molar refractivity (Wildman–Crippen MR) is 71.4 cm³/mol. The molecule has 0 spiro atoms. The van der Waals surface area contributed by atoms with Crippen LogP contribution in [0, 0.1) is 6.92 Å². The predicted octanol–water partition coefficient (Wildman–Crippen LogP) is 0.00662. The summed E-state index contributed by atoms with van der Waals surface area (Å²) in [6.45, 7) is 3.72. The molecule has 7 heteroatoms. The molecular formula is C11H15N5OS. The van der Waals surface area contributed by atoms with Gasteiger partial charge in [-0.25, -0.2) is 0 Å². The highest BCUT2D eigenvalue weighted by molar-refractivity contribution is 7.80. The van der Waals surface area contributed by atoms with Crippen LogP contribution >= 0.6 is 12.2 Å². The van der Waals surface area contributed by atoms with Crippen LogP contribution in [0.15, 0.2) is 17.5 Å². The molecule has 2 heterocycles. The Morgan fingerprint density at radius 2 is 2.22 bits per heavy atom. The molecule has 0 radical (unpaired) electrons. The maximum absolute atomic E-state index is 11.6. The van der Waals surface area contributed by atoms with Crippen molar-refractivity contribution in [2.45, 2.75) is 19.9 Å². The molecule has 0 aromatic carbocycles. The summed E-state index contributed by atoms with van der Waals surface area (Å²) in [5, 5.41) is 10.6. The van der Waals surface area contributed by atoms with Gasteiger partial charge in [0.2, 0.25) is 5.91 Å². The number of allylic oxidation sites excluding steroid dienone is 1. The fraction of sp³-hybridized carbons (Fsp3) is 0.364. The molecule has 2 rings (SSSR count). The van der Waals surface area contributed by atoms with Gasteiger partial charge in [0.25, 0.3) is 0 Å². The number of carbonyl (C=O) groups excluding carboxylic acids is 1. The first-order valence-electron chi connectivity index (χ1n) is 5.48. The molecule has 1 aromatic rings. The number of primary amides is 1. The highest BCUT2D eigenvalue weighted by Crippen LogP contribution is 2.27. The number of aromatic nitrogens is 2. The van der Waals surface area contributed by atoms with E-state index in [-0.39, 0.29) is 6.04 Å². The molecule has 0 saturated heterocycles. The molecule has 0 aliphatic carbocycles. The summed E-state index contributed by atoms with van der Waals surface area (Å²) in [5.74, 6) is -0.469. The molecule has 6 nitrogen and oxygen atoms in total. The highest BCUT2D eigenvalue weighted by atomic mass is 32.1. The third-order valence-electron chi connectivity index (χ3n) is 3.12. The van der Waals surface area contributed by atoms with Crippen molar-refractivity contribution in [2.75, 3.05) is 0 Å². The molecule has 0 fully saturated rings. The summed E-state index contributed by atoms with van der Waals surface area (Å²) in [6, 6.07) is -0.343. The van der Waals surface area contributed by atoms with Gasteiger partial charge in [0.15, 0.2) is 5.11 Å². The van der Waals surface area contributed by atoms with Crippen molar-refractivity contribution < 1.29 is 4.79 Å². The van der Waals surface area contributed by atoms with Gasteiger partial charge < -0.3 is 16.4 Å². The summed E-state index contributed by atoms with van der Waals surface area (Å²) in [4.78, 5) is 11.6. The van der Waals surface area contributed by atoms with Crippen LogP contribution in [-0.4, -0.2) is 20.8 Å². The van der Waals surface area contributed by atoms with E-state index < -0.39 is 5.91 Å². The fourth-order valence-electron chi connectivity index (χ4n) is 2.05. The number of carbonyl (C=O) groups is 1. The zero-order valence-corrected chi connectivity index (χ0v) is 11.3. The number of amides is 1. The summed E-state index contributed by atoms with van der Waals surface area (Å²) < 4.78 is 1.75. The summed E-state index contributed by atoms with van der Waals surface area (Å²) in [6.07, 6.45) is 1.72. The number of nitrogens with two attached hydrogens (primary N) is 1. The Morgan fingerprint density at radius 3 is 2.72 bits per heavy atom. The van der Waals surface area contributed by atoms with E-state index >= 15 is 0 Å². The van der Waals surface area contributed by atoms with Crippen LogP contribution < -0.4 is 16.4 Å². The number of rotatable bonds is 2. The van der Waals surface area contributed by atoms with Crippen LogP contribution in [0.2, 0.25) is 0 Å². The first-order valence-corrected chi connectivity index (χ1v) is 5.89. The SMILES string of the molecule is CC1=C(C(N)=O)C(c2cnn(C)c2C)NC(=S)N1. The Labute approximate surface area is 110 Å². The van der Waals surface area contributed by atoms with Gasteiger partial charge in [-0.3, -0.25) is 9.48 Å². The summed E-state index contributed by atoms with van der Waals surface area (Å²) in [5.41, 5.74) is 8.47. The van der Waals surface area contributed by atoms with Crippen molar-refractivity contribution in [3.05, 3.63) is 28.7 Å². The lowest BCUT2D eigenvalue weighted by molar-refractivity contribution is -0.115. The monoisotopic (exact) mass is 265 g/mol. The summed E-state index contributed by atoms with van der Waals surface area (Å²) >= 11 is 5.11. The van der Waals surface area contributed by atoms with E-state index in [1.165, 1.54) is 0 Å². The van der Waals surface area contributed by atoms with Crippen LogP contribution in [0.3, 0.4) is 0 Å². The Bertz CT molecular complexity index is 560. The first kappa shape index (κ1) is 12.6. The van der Waals surface area contributed by atoms with Crippen LogP contribution in [0.4, 0.5) is 0 Å². The molecule has 1 amide bonds. The zero-order valence-electron chi connectivity index (χ0n) is 10.4. The Morgan fingerprint density at radius 1 is 1.56 bits per heavy atom. The second kappa shape index (κ2) is 4.41. The topological polar surface area (TPSA) is 85.0 Å². The largest absolute Gasteiger partial charge is 0.366 e. The lowest BCUT2D eigenvalue weighted by atomic mass is 9.96. The van der Waals surface area contributed by atoms with Gasteiger partial charge in [-0.15, -0.1) is 0 Å². The van der Waals surface area contributed by atoms with Crippen molar-refractivity contribution >= 4 is 23.2 Å². The molecule has 1 aliphatic rings.